The summed E-state index contributed by atoms with van der Waals surface area (Å²) in [6, 6.07) is 12.4. The zero-order valence-electron chi connectivity index (χ0n) is 11.3. The summed E-state index contributed by atoms with van der Waals surface area (Å²) in [7, 11) is 0. The van der Waals surface area contributed by atoms with Crippen molar-refractivity contribution in [1.29, 1.82) is 0 Å². The minimum absolute atomic E-state index is 0.113. The Balaban J connectivity index is 1.66. The van der Waals surface area contributed by atoms with Gasteiger partial charge in [-0.2, -0.15) is 0 Å². The predicted octanol–water partition coefficient (Wildman–Crippen LogP) is 1.30. The topological polar surface area (TPSA) is 52.5 Å². The third-order valence-electron chi connectivity index (χ3n) is 3.56. The van der Waals surface area contributed by atoms with Crippen LogP contribution in [0.4, 0.5) is 11.5 Å². The Hall–Kier alpha value is -2.14. The van der Waals surface area contributed by atoms with Crippen molar-refractivity contribution in [3.8, 4) is 0 Å². The number of hydrogen-bond donors (Lipinski definition) is 1. The number of benzene rings is 1. The molecule has 5 heteroatoms. The highest BCUT2D eigenvalue weighted by molar-refractivity contribution is 5.49. The largest absolute Gasteiger partial charge is 0.388 e. The molecule has 0 spiro atoms. The van der Waals surface area contributed by atoms with Crippen LogP contribution in [-0.2, 0) is 6.61 Å². The molecule has 20 heavy (non-hydrogen) atoms. The summed E-state index contributed by atoms with van der Waals surface area (Å²) in [6.07, 6.45) is 1.71. The molecular formula is C15H18N4O. The maximum atomic E-state index is 9.10. The molecular weight excluding hydrogens is 252 g/mol. The third-order valence-corrected chi connectivity index (χ3v) is 3.56. The number of hydrogen-bond acceptors (Lipinski definition) is 5. The molecule has 104 valence electrons. The average molecular weight is 270 g/mol. The van der Waals surface area contributed by atoms with E-state index in [9.17, 15) is 0 Å². The first kappa shape index (κ1) is 12.9. The number of rotatable bonds is 3. The van der Waals surface area contributed by atoms with Gasteiger partial charge >= 0.3 is 0 Å². The van der Waals surface area contributed by atoms with Gasteiger partial charge in [0.05, 0.1) is 0 Å². The molecule has 1 aliphatic heterocycles. The van der Waals surface area contributed by atoms with E-state index < -0.39 is 0 Å². The number of piperazine rings is 1. The maximum absolute atomic E-state index is 9.10. The van der Waals surface area contributed by atoms with E-state index in [0.29, 0.717) is 5.82 Å². The van der Waals surface area contributed by atoms with Gasteiger partial charge in [0, 0.05) is 38.1 Å². The van der Waals surface area contributed by atoms with E-state index in [4.69, 9.17) is 5.11 Å². The first-order chi connectivity index (χ1) is 9.86. The van der Waals surface area contributed by atoms with E-state index >= 15 is 0 Å². The fourth-order valence-corrected chi connectivity index (χ4v) is 2.47. The molecule has 5 nitrogen and oxygen atoms in total. The van der Waals surface area contributed by atoms with Gasteiger partial charge in [-0.15, -0.1) is 0 Å². The molecule has 1 saturated heterocycles. The summed E-state index contributed by atoms with van der Waals surface area (Å²) in [5.74, 6) is 1.38. The van der Waals surface area contributed by atoms with Crippen LogP contribution >= 0.6 is 0 Å². The SMILES string of the molecule is OCc1nccc(N2CCN(c3ccccc3)CC2)n1. The van der Waals surface area contributed by atoms with Crippen molar-refractivity contribution in [3.05, 3.63) is 48.4 Å². The van der Waals surface area contributed by atoms with Gasteiger partial charge in [-0.25, -0.2) is 9.97 Å². The van der Waals surface area contributed by atoms with Gasteiger partial charge in [-0.05, 0) is 18.2 Å². The van der Waals surface area contributed by atoms with Crippen molar-refractivity contribution >= 4 is 11.5 Å². The van der Waals surface area contributed by atoms with E-state index in [2.05, 4.69) is 44.0 Å². The van der Waals surface area contributed by atoms with Crippen LogP contribution in [0.2, 0.25) is 0 Å². The Morgan fingerprint density at radius 1 is 0.950 bits per heavy atom. The van der Waals surface area contributed by atoms with Gasteiger partial charge in [0.1, 0.15) is 12.4 Å². The second-order valence-electron chi connectivity index (χ2n) is 4.80. The molecule has 1 fully saturated rings. The molecule has 1 aromatic heterocycles. The Kier molecular flexibility index (Phi) is 3.78. The summed E-state index contributed by atoms with van der Waals surface area (Å²) in [5, 5.41) is 9.10. The second kappa shape index (κ2) is 5.88. The van der Waals surface area contributed by atoms with Gasteiger partial charge in [-0.1, -0.05) is 18.2 Å². The van der Waals surface area contributed by atoms with Crippen molar-refractivity contribution in [2.45, 2.75) is 6.61 Å². The molecule has 3 rings (SSSR count). The highest BCUT2D eigenvalue weighted by Crippen LogP contribution is 2.18. The smallest absolute Gasteiger partial charge is 0.156 e. The first-order valence-corrected chi connectivity index (χ1v) is 6.84. The number of para-hydroxylation sites is 1. The minimum Gasteiger partial charge on any atom is -0.388 e. The predicted molar refractivity (Wildman–Crippen MR) is 78.8 cm³/mol. The number of anilines is 2. The lowest BCUT2D eigenvalue weighted by atomic mass is 10.2. The van der Waals surface area contributed by atoms with Crippen LogP contribution in [0.15, 0.2) is 42.6 Å². The summed E-state index contributed by atoms with van der Waals surface area (Å²) >= 11 is 0. The highest BCUT2D eigenvalue weighted by Gasteiger charge is 2.18. The van der Waals surface area contributed by atoms with Crippen LogP contribution in [0.3, 0.4) is 0 Å². The van der Waals surface area contributed by atoms with Crippen molar-refractivity contribution in [2.75, 3.05) is 36.0 Å². The quantitative estimate of drug-likeness (QED) is 0.911. The third kappa shape index (κ3) is 2.72. The van der Waals surface area contributed by atoms with E-state index in [0.717, 1.165) is 32.0 Å². The zero-order valence-corrected chi connectivity index (χ0v) is 11.3. The second-order valence-corrected chi connectivity index (χ2v) is 4.80. The van der Waals surface area contributed by atoms with E-state index in [1.54, 1.807) is 6.20 Å². The van der Waals surface area contributed by atoms with Crippen LogP contribution in [0, 0.1) is 0 Å². The standard InChI is InChI=1S/C15H18N4O/c20-12-14-16-7-6-15(17-14)19-10-8-18(9-11-19)13-4-2-1-3-5-13/h1-7,20H,8-12H2. The van der Waals surface area contributed by atoms with Gasteiger partial charge in [0.25, 0.3) is 0 Å². The van der Waals surface area contributed by atoms with Crippen LogP contribution in [-0.4, -0.2) is 41.3 Å². The summed E-state index contributed by atoms with van der Waals surface area (Å²) in [6.45, 7) is 3.69. The van der Waals surface area contributed by atoms with Crippen molar-refractivity contribution in [2.24, 2.45) is 0 Å². The monoisotopic (exact) mass is 270 g/mol. The number of aliphatic hydroxyl groups excluding tert-OH is 1. The lowest BCUT2D eigenvalue weighted by Crippen LogP contribution is -2.46. The Morgan fingerprint density at radius 2 is 1.65 bits per heavy atom. The number of nitrogens with zero attached hydrogens (tertiary/aromatic N) is 4. The Bertz CT molecular complexity index is 553. The molecule has 0 radical (unpaired) electrons. The van der Waals surface area contributed by atoms with Crippen LogP contribution in [0.25, 0.3) is 0 Å². The van der Waals surface area contributed by atoms with E-state index in [-0.39, 0.29) is 6.61 Å². The molecule has 0 bridgehead atoms. The lowest BCUT2D eigenvalue weighted by molar-refractivity contribution is 0.271. The van der Waals surface area contributed by atoms with Crippen LogP contribution in [0.5, 0.6) is 0 Å². The van der Waals surface area contributed by atoms with Crippen LogP contribution < -0.4 is 9.80 Å². The summed E-state index contributed by atoms with van der Waals surface area (Å²) in [5.41, 5.74) is 1.27. The molecule has 0 atom stereocenters. The van der Waals surface area contributed by atoms with Crippen molar-refractivity contribution < 1.29 is 5.11 Å². The van der Waals surface area contributed by atoms with Gasteiger partial charge < -0.3 is 14.9 Å². The molecule has 0 unspecified atom stereocenters. The van der Waals surface area contributed by atoms with Crippen LogP contribution in [0.1, 0.15) is 5.82 Å². The van der Waals surface area contributed by atoms with Crippen molar-refractivity contribution in [1.82, 2.24) is 9.97 Å². The fourth-order valence-electron chi connectivity index (χ4n) is 2.47. The minimum atomic E-state index is -0.113. The molecule has 0 aliphatic carbocycles. The van der Waals surface area contributed by atoms with Gasteiger partial charge in [0.2, 0.25) is 0 Å². The lowest BCUT2D eigenvalue weighted by Gasteiger charge is -2.36. The normalized spacial score (nSPS) is 15.4. The molecule has 2 aromatic rings. The summed E-state index contributed by atoms with van der Waals surface area (Å²) in [4.78, 5) is 13.0. The average Bonchev–Trinajstić information content (AvgIpc) is 2.56. The van der Waals surface area contributed by atoms with E-state index in [1.807, 2.05) is 12.1 Å². The molecule has 1 aromatic carbocycles. The summed E-state index contributed by atoms with van der Waals surface area (Å²) < 4.78 is 0. The Morgan fingerprint density at radius 3 is 2.35 bits per heavy atom. The van der Waals surface area contributed by atoms with Gasteiger partial charge in [0.15, 0.2) is 5.82 Å². The Labute approximate surface area is 118 Å². The highest BCUT2D eigenvalue weighted by atomic mass is 16.3. The number of aromatic nitrogens is 2. The molecule has 0 saturated carbocycles. The molecule has 1 aliphatic rings. The van der Waals surface area contributed by atoms with Gasteiger partial charge in [-0.3, -0.25) is 0 Å². The number of aliphatic hydroxyl groups is 1. The van der Waals surface area contributed by atoms with E-state index in [1.165, 1.54) is 5.69 Å². The fraction of sp³-hybridized carbons (Fsp3) is 0.333. The molecule has 1 N–H and O–H groups in total. The molecule has 0 amide bonds. The van der Waals surface area contributed by atoms with Crippen molar-refractivity contribution in [3.63, 3.8) is 0 Å². The molecule has 2 heterocycles. The zero-order chi connectivity index (χ0) is 13.8. The maximum Gasteiger partial charge on any atom is 0.156 e. The first-order valence-electron chi connectivity index (χ1n) is 6.84.